The minimum absolute atomic E-state index is 0.299. The van der Waals surface area contributed by atoms with E-state index in [-0.39, 0.29) is 0 Å². The Morgan fingerprint density at radius 1 is 1.31 bits per heavy atom. The number of hydrogen-bond acceptors (Lipinski definition) is 6. The topological polar surface area (TPSA) is 84.1 Å². The Morgan fingerprint density at radius 3 is 2.92 bits per heavy atom. The summed E-state index contributed by atoms with van der Waals surface area (Å²) in [6.07, 6.45) is 1.66. The van der Waals surface area contributed by atoms with Crippen LogP contribution in [0.4, 0.5) is 0 Å². The van der Waals surface area contributed by atoms with E-state index in [0.29, 0.717) is 31.3 Å². The fraction of sp³-hybridized carbons (Fsp3) is 0.333. The first kappa shape index (κ1) is 16.5. The van der Waals surface area contributed by atoms with Gasteiger partial charge in [-0.25, -0.2) is 9.78 Å². The van der Waals surface area contributed by atoms with Crippen molar-refractivity contribution in [1.29, 1.82) is 0 Å². The molecule has 8 heteroatoms. The van der Waals surface area contributed by atoms with Crippen molar-refractivity contribution in [2.24, 2.45) is 0 Å². The van der Waals surface area contributed by atoms with Gasteiger partial charge in [0, 0.05) is 12.7 Å². The number of aryl methyl sites for hydroxylation is 1. The predicted octanol–water partition coefficient (Wildman–Crippen LogP) is 2.12. The number of nitrogens with zero attached hydrogens (tertiary/aromatic N) is 5. The number of esters is 1. The summed E-state index contributed by atoms with van der Waals surface area (Å²) in [6.45, 7) is 4.84. The van der Waals surface area contributed by atoms with Crippen molar-refractivity contribution in [3.8, 4) is 17.1 Å². The molecule has 0 atom stereocenters. The first-order chi connectivity index (χ1) is 12.6. The van der Waals surface area contributed by atoms with Crippen molar-refractivity contribution in [1.82, 2.24) is 24.3 Å². The SMILES string of the molecule is CCOC(=O)c1ncn2c1Cn1c(COC)nnc1-c1cc(C)ccc1-2. The minimum Gasteiger partial charge on any atom is -0.461 e. The average molecular weight is 353 g/mol. The molecule has 2 aromatic heterocycles. The van der Waals surface area contributed by atoms with Crippen LogP contribution < -0.4 is 0 Å². The third-order valence-corrected chi connectivity index (χ3v) is 4.40. The van der Waals surface area contributed by atoms with Crippen LogP contribution in [0, 0.1) is 6.92 Å². The van der Waals surface area contributed by atoms with Crippen LogP contribution in [0.2, 0.25) is 0 Å². The first-order valence-corrected chi connectivity index (χ1v) is 8.39. The van der Waals surface area contributed by atoms with Crippen molar-refractivity contribution in [2.45, 2.75) is 27.0 Å². The molecule has 8 nitrogen and oxygen atoms in total. The number of fused-ring (bicyclic) bond motifs is 5. The van der Waals surface area contributed by atoms with Crippen LogP contribution >= 0.6 is 0 Å². The number of aromatic nitrogens is 5. The maximum atomic E-state index is 12.4. The van der Waals surface area contributed by atoms with Crippen molar-refractivity contribution in [2.75, 3.05) is 13.7 Å². The van der Waals surface area contributed by atoms with Gasteiger partial charge in [-0.1, -0.05) is 11.6 Å². The number of imidazole rings is 1. The van der Waals surface area contributed by atoms with Crippen molar-refractivity contribution >= 4 is 5.97 Å². The molecule has 0 saturated carbocycles. The molecule has 1 aliphatic heterocycles. The summed E-state index contributed by atoms with van der Waals surface area (Å²) in [5.74, 6) is 1.01. The Labute approximate surface area is 150 Å². The zero-order valence-corrected chi connectivity index (χ0v) is 14.9. The summed E-state index contributed by atoms with van der Waals surface area (Å²) in [5.41, 5.74) is 4.00. The molecule has 0 unspecified atom stereocenters. The number of hydrogen-bond donors (Lipinski definition) is 0. The normalized spacial score (nSPS) is 12.1. The third-order valence-electron chi connectivity index (χ3n) is 4.40. The monoisotopic (exact) mass is 353 g/mol. The van der Waals surface area contributed by atoms with E-state index < -0.39 is 5.97 Å². The molecule has 0 saturated heterocycles. The molecule has 0 spiro atoms. The highest BCUT2D eigenvalue weighted by molar-refractivity contribution is 5.89. The maximum Gasteiger partial charge on any atom is 0.358 e. The molecule has 4 rings (SSSR count). The van der Waals surface area contributed by atoms with Gasteiger partial charge in [0.25, 0.3) is 0 Å². The number of ether oxygens (including phenoxy) is 2. The van der Waals surface area contributed by atoms with E-state index in [1.165, 1.54) is 0 Å². The van der Waals surface area contributed by atoms with Crippen molar-refractivity contribution in [3.63, 3.8) is 0 Å². The molecule has 0 radical (unpaired) electrons. The molecular weight excluding hydrogens is 334 g/mol. The van der Waals surface area contributed by atoms with Gasteiger partial charge in [-0.2, -0.15) is 0 Å². The second-order valence-electron chi connectivity index (χ2n) is 6.11. The van der Waals surface area contributed by atoms with Crippen molar-refractivity contribution < 1.29 is 14.3 Å². The van der Waals surface area contributed by atoms with E-state index in [1.807, 2.05) is 28.2 Å². The Morgan fingerprint density at radius 2 is 2.15 bits per heavy atom. The molecule has 3 aromatic rings. The highest BCUT2D eigenvalue weighted by Crippen LogP contribution is 2.33. The number of carbonyl (C=O) groups excluding carboxylic acids is 1. The molecule has 3 heterocycles. The summed E-state index contributed by atoms with van der Waals surface area (Å²) in [6, 6.07) is 6.09. The van der Waals surface area contributed by atoms with Crippen LogP contribution in [-0.4, -0.2) is 44.0 Å². The highest BCUT2D eigenvalue weighted by atomic mass is 16.5. The molecule has 0 N–H and O–H groups in total. The molecule has 0 aliphatic carbocycles. The second kappa shape index (κ2) is 6.38. The van der Waals surface area contributed by atoms with Crippen LogP contribution in [0.15, 0.2) is 24.5 Å². The van der Waals surface area contributed by atoms with Crippen LogP contribution in [-0.2, 0) is 22.6 Å². The summed E-state index contributed by atoms with van der Waals surface area (Å²) in [7, 11) is 1.62. The van der Waals surface area contributed by atoms with E-state index in [2.05, 4.69) is 21.2 Å². The number of carbonyl (C=O) groups is 1. The van der Waals surface area contributed by atoms with Gasteiger partial charge in [-0.05, 0) is 26.0 Å². The summed E-state index contributed by atoms with van der Waals surface area (Å²) < 4.78 is 14.3. The lowest BCUT2D eigenvalue weighted by Crippen LogP contribution is -2.13. The van der Waals surface area contributed by atoms with Gasteiger partial charge < -0.3 is 14.0 Å². The highest BCUT2D eigenvalue weighted by Gasteiger charge is 2.28. The van der Waals surface area contributed by atoms with Gasteiger partial charge in [-0.15, -0.1) is 10.2 Å². The largest absolute Gasteiger partial charge is 0.461 e. The molecule has 134 valence electrons. The van der Waals surface area contributed by atoms with Gasteiger partial charge >= 0.3 is 5.97 Å². The van der Waals surface area contributed by atoms with E-state index in [4.69, 9.17) is 9.47 Å². The number of benzene rings is 1. The van der Waals surface area contributed by atoms with Gasteiger partial charge in [0.2, 0.25) is 0 Å². The van der Waals surface area contributed by atoms with E-state index >= 15 is 0 Å². The predicted molar refractivity (Wildman–Crippen MR) is 93.1 cm³/mol. The Hall–Kier alpha value is -3.00. The molecule has 1 aliphatic rings. The van der Waals surface area contributed by atoms with Gasteiger partial charge in [-0.3, -0.25) is 4.57 Å². The quantitative estimate of drug-likeness (QED) is 0.523. The lowest BCUT2D eigenvalue weighted by atomic mass is 10.1. The Balaban J connectivity index is 1.97. The Bertz CT molecular complexity index is 989. The average Bonchev–Trinajstić information content (AvgIpc) is 3.18. The number of rotatable bonds is 4. The molecule has 0 amide bonds. The summed E-state index contributed by atoms with van der Waals surface area (Å²) in [5, 5.41) is 8.64. The van der Waals surface area contributed by atoms with Crippen LogP contribution in [0.1, 0.15) is 34.5 Å². The van der Waals surface area contributed by atoms with E-state index in [0.717, 1.165) is 28.3 Å². The van der Waals surface area contributed by atoms with E-state index in [9.17, 15) is 4.79 Å². The molecule has 26 heavy (non-hydrogen) atoms. The zero-order valence-electron chi connectivity index (χ0n) is 14.9. The standard InChI is InChI=1S/C18H19N5O3/c1-4-26-18(24)16-14-8-22-15(9-25-3)20-21-17(22)12-7-11(2)5-6-13(12)23(14)10-19-16/h5-7,10H,4,8-9H2,1-3H3. The smallest absolute Gasteiger partial charge is 0.358 e. The molecule has 0 fully saturated rings. The van der Waals surface area contributed by atoms with Crippen LogP contribution in [0.25, 0.3) is 17.1 Å². The summed E-state index contributed by atoms with van der Waals surface area (Å²) in [4.78, 5) is 16.7. The van der Waals surface area contributed by atoms with Gasteiger partial charge in [0.15, 0.2) is 17.3 Å². The van der Waals surface area contributed by atoms with Gasteiger partial charge in [0.1, 0.15) is 12.9 Å². The Kier molecular flexibility index (Phi) is 4.04. The fourth-order valence-electron chi connectivity index (χ4n) is 3.23. The molecular formula is C18H19N5O3. The summed E-state index contributed by atoms with van der Waals surface area (Å²) >= 11 is 0. The maximum absolute atomic E-state index is 12.4. The number of methoxy groups -OCH3 is 1. The second-order valence-corrected chi connectivity index (χ2v) is 6.11. The molecule has 0 bridgehead atoms. The third kappa shape index (κ3) is 2.50. The lowest BCUT2D eigenvalue weighted by molar-refractivity contribution is 0.0518. The van der Waals surface area contributed by atoms with E-state index in [1.54, 1.807) is 20.4 Å². The van der Waals surface area contributed by atoms with Crippen LogP contribution in [0.5, 0.6) is 0 Å². The fourth-order valence-corrected chi connectivity index (χ4v) is 3.23. The zero-order chi connectivity index (χ0) is 18.3. The van der Waals surface area contributed by atoms with Crippen molar-refractivity contribution in [3.05, 3.63) is 47.3 Å². The first-order valence-electron chi connectivity index (χ1n) is 8.39. The lowest BCUT2D eigenvalue weighted by Gasteiger charge is -2.09. The van der Waals surface area contributed by atoms with Gasteiger partial charge in [0.05, 0.1) is 24.5 Å². The molecule has 1 aromatic carbocycles. The minimum atomic E-state index is -0.431. The van der Waals surface area contributed by atoms with Crippen LogP contribution in [0.3, 0.4) is 0 Å².